The van der Waals surface area contributed by atoms with Gasteiger partial charge in [-0.2, -0.15) is 12.8 Å². The molecule has 0 aliphatic heterocycles. The van der Waals surface area contributed by atoms with Gasteiger partial charge in [0.1, 0.15) is 5.75 Å². The second-order valence-corrected chi connectivity index (χ2v) is 7.03. The maximum Gasteiger partial charge on any atom is 0.339 e. The molecule has 0 bridgehead atoms. The highest BCUT2D eigenvalue weighted by Crippen LogP contribution is 2.20. The number of rotatable bonds is 6. The van der Waals surface area contributed by atoms with E-state index in [2.05, 4.69) is 15.7 Å². The van der Waals surface area contributed by atoms with Crippen molar-refractivity contribution in [3.63, 3.8) is 0 Å². The normalized spacial score (nSPS) is 11.7. The second kappa shape index (κ2) is 7.97. The van der Waals surface area contributed by atoms with Crippen LogP contribution in [0.5, 0.6) is 5.75 Å². The molecule has 0 spiro atoms. The Balaban J connectivity index is 2.58. The average Bonchev–Trinajstić information content (AvgIpc) is 2.65. The van der Waals surface area contributed by atoms with Gasteiger partial charge in [0.25, 0.3) is 10.0 Å². The summed E-state index contributed by atoms with van der Waals surface area (Å²) in [4.78, 5) is 11.9. The van der Waals surface area contributed by atoms with Gasteiger partial charge in [-0.25, -0.2) is 4.79 Å². The smallest absolute Gasteiger partial charge is 0.339 e. The maximum absolute atomic E-state index is 12.7. The van der Waals surface area contributed by atoms with Crippen LogP contribution < -0.4 is 4.74 Å². The van der Waals surface area contributed by atoms with Crippen LogP contribution in [0.4, 0.5) is 0 Å². The van der Waals surface area contributed by atoms with Crippen molar-refractivity contribution in [2.75, 3.05) is 14.2 Å². The molecule has 0 aliphatic rings. The lowest BCUT2D eigenvalue weighted by Crippen LogP contribution is -2.16. The van der Waals surface area contributed by atoms with Crippen molar-refractivity contribution >= 4 is 21.7 Å². The molecule has 7 heteroatoms. The summed E-state index contributed by atoms with van der Waals surface area (Å²) in [5.74, 6) is -0.183. The zero-order valence-electron chi connectivity index (χ0n) is 14.7. The fourth-order valence-corrected chi connectivity index (χ4v) is 3.18. The number of hydrogen-bond acceptors (Lipinski definition) is 5. The van der Waals surface area contributed by atoms with Gasteiger partial charge < -0.3 is 9.47 Å². The number of esters is 1. The van der Waals surface area contributed by atoms with Crippen molar-refractivity contribution in [3.8, 4) is 5.75 Å². The summed E-state index contributed by atoms with van der Waals surface area (Å²) in [6, 6.07) is 12.7. The van der Waals surface area contributed by atoms with E-state index in [4.69, 9.17) is 4.74 Å². The van der Waals surface area contributed by atoms with Crippen LogP contribution in [-0.2, 0) is 19.6 Å². The van der Waals surface area contributed by atoms with Gasteiger partial charge in [0.2, 0.25) is 0 Å². The number of nitrogens with zero attached hydrogens (tertiary/aromatic N) is 1. The van der Waals surface area contributed by atoms with Crippen LogP contribution in [0.2, 0.25) is 0 Å². The van der Waals surface area contributed by atoms with E-state index >= 15 is 0 Å². The van der Waals surface area contributed by atoms with Crippen LogP contribution in [0.3, 0.4) is 0 Å². The zero-order valence-corrected chi connectivity index (χ0v) is 15.5. The topological polar surface area (TPSA) is 82.0 Å². The quantitative estimate of drug-likeness (QED) is 0.442. The maximum atomic E-state index is 12.7. The third kappa shape index (κ3) is 4.37. The van der Waals surface area contributed by atoms with Crippen molar-refractivity contribution in [2.24, 2.45) is 4.40 Å². The number of ether oxygens (including phenoxy) is 2. The van der Waals surface area contributed by atoms with Gasteiger partial charge in [-0.15, -0.1) is 0 Å². The Labute approximate surface area is 152 Å². The Morgan fingerprint density at radius 2 is 1.58 bits per heavy atom. The molecular formula is C19H19NO5S. The molecule has 0 saturated heterocycles. The lowest BCUT2D eigenvalue weighted by molar-refractivity contribution is -0.135. The minimum Gasteiger partial charge on any atom is -0.497 e. The average molecular weight is 373 g/mol. The van der Waals surface area contributed by atoms with Gasteiger partial charge in [0.15, 0.2) is 0 Å². The van der Waals surface area contributed by atoms with Gasteiger partial charge in [-0.3, -0.25) is 0 Å². The lowest BCUT2D eigenvalue weighted by Gasteiger charge is -2.10. The molecule has 0 amide bonds. The van der Waals surface area contributed by atoms with Crippen LogP contribution in [0.25, 0.3) is 0 Å². The summed E-state index contributed by atoms with van der Waals surface area (Å²) < 4.78 is 38.9. The molecule has 2 rings (SSSR count). The van der Waals surface area contributed by atoms with Crippen molar-refractivity contribution in [2.45, 2.75) is 11.8 Å². The molecular weight excluding hydrogens is 354 g/mol. The zero-order chi connectivity index (χ0) is 19.3. The Bertz CT molecular complexity index is 942. The highest BCUT2D eigenvalue weighted by molar-refractivity contribution is 7.90. The van der Waals surface area contributed by atoms with Crippen molar-refractivity contribution < 1.29 is 22.7 Å². The van der Waals surface area contributed by atoms with Gasteiger partial charge >= 0.3 is 5.97 Å². The van der Waals surface area contributed by atoms with Gasteiger partial charge in [0.05, 0.1) is 30.4 Å². The van der Waals surface area contributed by atoms with E-state index in [-0.39, 0.29) is 16.2 Å². The Hall–Kier alpha value is -2.93. The first-order valence-corrected chi connectivity index (χ1v) is 9.06. The van der Waals surface area contributed by atoms with Crippen LogP contribution in [0, 0.1) is 6.92 Å². The number of carbonyl (C=O) groups is 1. The predicted molar refractivity (Wildman–Crippen MR) is 99.1 cm³/mol. The summed E-state index contributed by atoms with van der Waals surface area (Å²) in [5.41, 5.74) is 1.08. The molecule has 136 valence electrons. The predicted octanol–water partition coefficient (Wildman–Crippen LogP) is 2.91. The minimum atomic E-state index is -4.04. The van der Waals surface area contributed by atoms with E-state index in [0.29, 0.717) is 11.3 Å². The highest BCUT2D eigenvalue weighted by Gasteiger charge is 2.21. The molecule has 2 aromatic rings. The molecule has 0 fully saturated rings. The van der Waals surface area contributed by atoms with E-state index in [9.17, 15) is 13.2 Å². The summed E-state index contributed by atoms with van der Waals surface area (Å²) in [6.07, 6.45) is 0. The largest absolute Gasteiger partial charge is 0.497 e. The summed E-state index contributed by atoms with van der Waals surface area (Å²) in [7, 11) is -1.34. The standard InChI is InChI=1S/C19H19NO5S/c1-13-5-11-17(12-6-13)26(22,23)20-18(14(2)19(21)25-4)15-7-9-16(24-3)10-8-15/h5-12H,2H2,1,3-4H3/b20-18-. The van der Waals surface area contributed by atoms with Crippen LogP contribution >= 0.6 is 0 Å². The van der Waals surface area contributed by atoms with E-state index in [1.807, 2.05) is 6.92 Å². The highest BCUT2D eigenvalue weighted by atomic mass is 32.2. The molecule has 0 atom stereocenters. The fraction of sp³-hybridized carbons (Fsp3) is 0.158. The first-order chi connectivity index (χ1) is 12.3. The van der Waals surface area contributed by atoms with Crippen LogP contribution in [0.1, 0.15) is 11.1 Å². The van der Waals surface area contributed by atoms with Gasteiger partial charge in [-0.1, -0.05) is 24.3 Å². The van der Waals surface area contributed by atoms with Crippen LogP contribution in [0.15, 0.2) is 70.0 Å². The molecule has 0 aromatic heterocycles. The van der Waals surface area contributed by atoms with Crippen molar-refractivity contribution in [1.82, 2.24) is 0 Å². The van der Waals surface area contributed by atoms with Gasteiger partial charge in [-0.05, 0) is 43.3 Å². The van der Waals surface area contributed by atoms with Crippen molar-refractivity contribution in [3.05, 3.63) is 71.8 Å². The first kappa shape index (κ1) is 19.4. The molecule has 0 radical (unpaired) electrons. The van der Waals surface area contributed by atoms with Crippen molar-refractivity contribution in [1.29, 1.82) is 0 Å². The molecule has 0 N–H and O–H groups in total. The Morgan fingerprint density at radius 3 is 2.08 bits per heavy atom. The third-order valence-corrected chi connectivity index (χ3v) is 4.90. The number of benzene rings is 2. The summed E-state index contributed by atoms with van der Waals surface area (Å²) in [6.45, 7) is 5.48. The summed E-state index contributed by atoms with van der Waals surface area (Å²) >= 11 is 0. The second-order valence-electron chi connectivity index (χ2n) is 5.43. The number of carbonyl (C=O) groups excluding carboxylic acids is 1. The number of sulfonamides is 1. The third-order valence-electron chi connectivity index (χ3n) is 3.61. The SMILES string of the molecule is C=C(C(=O)OC)/C(=N/S(=O)(=O)c1ccc(C)cc1)c1ccc(OC)cc1. The molecule has 26 heavy (non-hydrogen) atoms. The number of methoxy groups -OCH3 is 2. The van der Waals surface area contributed by atoms with E-state index < -0.39 is 16.0 Å². The number of aryl methyl sites for hydroxylation is 1. The van der Waals surface area contributed by atoms with E-state index in [0.717, 1.165) is 5.56 Å². The molecule has 0 aliphatic carbocycles. The van der Waals surface area contributed by atoms with E-state index in [1.54, 1.807) is 36.4 Å². The minimum absolute atomic E-state index is 0.0202. The van der Waals surface area contributed by atoms with Gasteiger partial charge in [0, 0.05) is 5.56 Å². The molecule has 0 heterocycles. The number of hydrogen-bond donors (Lipinski definition) is 0. The molecule has 6 nitrogen and oxygen atoms in total. The fourth-order valence-electron chi connectivity index (χ4n) is 2.13. The van der Waals surface area contributed by atoms with E-state index in [1.165, 1.54) is 26.4 Å². The molecule has 2 aromatic carbocycles. The Kier molecular flexibility index (Phi) is 5.94. The van der Waals surface area contributed by atoms with Crippen LogP contribution in [-0.4, -0.2) is 34.3 Å². The molecule has 0 saturated carbocycles. The monoisotopic (exact) mass is 373 g/mol. The lowest BCUT2D eigenvalue weighted by atomic mass is 10.0. The molecule has 0 unspecified atom stereocenters. The summed E-state index contributed by atoms with van der Waals surface area (Å²) in [5, 5.41) is 0. The first-order valence-electron chi connectivity index (χ1n) is 7.62. The Morgan fingerprint density at radius 1 is 1.00 bits per heavy atom.